The molecular weight excluding hydrogens is 296 g/mol. The second-order valence-corrected chi connectivity index (χ2v) is 7.15. The van der Waals surface area contributed by atoms with Crippen LogP contribution in [0.15, 0.2) is 29.4 Å². The number of ketones is 1. The summed E-state index contributed by atoms with van der Waals surface area (Å²) in [5.41, 5.74) is 1.81. The quantitative estimate of drug-likeness (QED) is 0.604. The zero-order chi connectivity index (χ0) is 16.2. The number of aryl methyl sites for hydroxylation is 1. The molecule has 0 aliphatic rings. The van der Waals surface area contributed by atoms with E-state index in [1.165, 1.54) is 17.3 Å². The molecule has 1 aromatic heterocycles. The van der Waals surface area contributed by atoms with Gasteiger partial charge in [-0.3, -0.25) is 4.79 Å². The fourth-order valence-corrected chi connectivity index (χ4v) is 3.00. The van der Waals surface area contributed by atoms with E-state index in [-0.39, 0.29) is 11.3 Å². The molecule has 0 aliphatic heterocycles. The van der Waals surface area contributed by atoms with Gasteiger partial charge in [0, 0.05) is 5.56 Å². The van der Waals surface area contributed by atoms with E-state index >= 15 is 0 Å². The number of nitrogens with zero attached hydrogens (tertiary/aromatic N) is 4. The van der Waals surface area contributed by atoms with E-state index in [4.69, 9.17) is 0 Å². The Hall–Kier alpha value is -1.69. The van der Waals surface area contributed by atoms with Crippen molar-refractivity contribution in [2.75, 3.05) is 5.75 Å². The lowest BCUT2D eigenvalue weighted by atomic mass is 10.1. The maximum absolute atomic E-state index is 12.3. The number of carbonyl (C=O) groups excluding carboxylic acids is 1. The van der Waals surface area contributed by atoms with Crippen molar-refractivity contribution in [2.45, 2.75) is 51.2 Å². The zero-order valence-corrected chi connectivity index (χ0v) is 14.4. The number of carbonyl (C=O) groups is 1. The lowest BCUT2D eigenvalue weighted by Crippen LogP contribution is -2.24. The average molecular weight is 318 g/mol. The molecule has 0 unspecified atom stereocenters. The summed E-state index contributed by atoms with van der Waals surface area (Å²) < 4.78 is 1.75. The standard InChI is InChI=1S/C16H22N4OS/c1-5-6-12-7-9-13(10-8-12)14(21)11-22-15-17-18-19-20(15)16(2,3)4/h7-10H,5-6,11H2,1-4H3. The zero-order valence-electron chi connectivity index (χ0n) is 13.5. The largest absolute Gasteiger partial charge is 0.293 e. The minimum atomic E-state index is -0.198. The number of hydrogen-bond acceptors (Lipinski definition) is 5. The van der Waals surface area contributed by atoms with Crippen LogP contribution in [0.1, 0.15) is 50.0 Å². The maximum atomic E-state index is 12.3. The SMILES string of the molecule is CCCc1ccc(C(=O)CSc2nnnn2C(C)(C)C)cc1. The van der Waals surface area contributed by atoms with Gasteiger partial charge in [0.2, 0.25) is 5.16 Å². The van der Waals surface area contributed by atoms with Gasteiger partial charge in [-0.25, -0.2) is 4.68 Å². The van der Waals surface area contributed by atoms with E-state index < -0.39 is 0 Å². The monoisotopic (exact) mass is 318 g/mol. The summed E-state index contributed by atoms with van der Waals surface area (Å²) >= 11 is 1.38. The molecule has 0 aliphatic carbocycles. The Morgan fingerprint density at radius 3 is 2.50 bits per heavy atom. The topological polar surface area (TPSA) is 60.7 Å². The molecule has 22 heavy (non-hydrogen) atoms. The Kier molecular flexibility index (Phi) is 5.34. The lowest BCUT2D eigenvalue weighted by Gasteiger charge is -2.19. The van der Waals surface area contributed by atoms with Gasteiger partial charge in [0.15, 0.2) is 5.78 Å². The van der Waals surface area contributed by atoms with Crippen molar-refractivity contribution < 1.29 is 4.79 Å². The minimum absolute atomic E-state index is 0.0940. The van der Waals surface area contributed by atoms with E-state index in [2.05, 4.69) is 22.4 Å². The summed E-state index contributed by atoms with van der Waals surface area (Å²) in [5.74, 6) is 0.431. The molecule has 2 rings (SSSR count). The molecule has 0 amide bonds. The van der Waals surface area contributed by atoms with Crippen LogP contribution in [0.2, 0.25) is 0 Å². The molecule has 0 radical (unpaired) electrons. The third-order valence-electron chi connectivity index (χ3n) is 3.22. The van der Waals surface area contributed by atoms with Crippen molar-refractivity contribution in [1.82, 2.24) is 20.2 Å². The van der Waals surface area contributed by atoms with Crippen LogP contribution in [0.5, 0.6) is 0 Å². The highest BCUT2D eigenvalue weighted by Gasteiger charge is 2.20. The summed E-state index contributed by atoms with van der Waals surface area (Å²) in [6.45, 7) is 8.24. The third-order valence-corrected chi connectivity index (χ3v) is 4.14. The molecule has 6 heteroatoms. The molecule has 5 nitrogen and oxygen atoms in total. The van der Waals surface area contributed by atoms with Crippen LogP contribution in [-0.4, -0.2) is 31.7 Å². The molecule has 1 aromatic carbocycles. The smallest absolute Gasteiger partial charge is 0.210 e. The van der Waals surface area contributed by atoms with E-state index in [0.29, 0.717) is 10.9 Å². The number of Topliss-reactive ketones (excluding diaryl/α,β-unsaturated/α-hetero) is 1. The minimum Gasteiger partial charge on any atom is -0.293 e. The van der Waals surface area contributed by atoms with Crippen LogP contribution in [0.3, 0.4) is 0 Å². The Morgan fingerprint density at radius 2 is 1.91 bits per heavy atom. The van der Waals surface area contributed by atoms with Crippen molar-refractivity contribution in [3.63, 3.8) is 0 Å². The van der Waals surface area contributed by atoms with Gasteiger partial charge >= 0.3 is 0 Å². The first-order chi connectivity index (χ1) is 10.4. The fraction of sp³-hybridized carbons (Fsp3) is 0.500. The molecule has 0 spiro atoms. The van der Waals surface area contributed by atoms with Gasteiger partial charge in [0.1, 0.15) is 0 Å². The first-order valence-corrected chi connectivity index (χ1v) is 8.44. The molecule has 1 heterocycles. The van der Waals surface area contributed by atoms with Gasteiger partial charge in [-0.15, -0.1) is 5.10 Å². The predicted molar refractivity (Wildman–Crippen MR) is 88.3 cm³/mol. The first-order valence-electron chi connectivity index (χ1n) is 7.45. The molecule has 0 fully saturated rings. The van der Waals surface area contributed by atoms with Crippen LogP contribution in [-0.2, 0) is 12.0 Å². The van der Waals surface area contributed by atoms with E-state index in [1.807, 2.05) is 45.0 Å². The number of benzene rings is 1. The van der Waals surface area contributed by atoms with Crippen molar-refractivity contribution in [3.8, 4) is 0 Å². The lowest BCUT2D eigenvalue weighted by molar-refractivity contribution is 0.102. The molecular formula is C16H22N4OS. The highest BCUT2D eigenvalue weighted by Crippen LogP contribution is 2.22. The molecule has 0 N–H and O–H groups in total. The van der Waals surface area contributed by atoms with Crippen molar-refractivity contribution in [3.05, 3.63) is 35.4 Å². The van der Waals surface area contributed by atoms with Gasteiger partial charge in [0.05, 0.1) is 11.3 Å². The van der Waals surface area contributed by atoms with E-state index in [0.717, 1.165) is 18.4 Å². The van der Waals surface area contributed by atoms with Crippen LogP contribution in [0.25, 0.3) is 0 Å². The number of thioether (sulfide) groups is 1. The molecule has 2 aromatic rings. The van der Waals surface area contributed by atoms with E-state index in [9.17, 15) is 4.79 Å². The molecule has 118 valence electrons. The summed E-state index contributed by atoms with van der Waals surface area (Å²) in [7, 11) is 0. The number of aromatic nitrogens is 4. The predicted octanol–water partition coefficient (Wildman–Crippen LogP) is 3.36. The number of tetrazole rings is 1. The molecule has 0 saturated heterocycles. The number of rotatable bonds is 6. The average Bonchev–Trinajstić information content (AvgIpc) is 2.94. The Morgan fingerprint density at radius 1 is 1.23 bits per heavy atom. The van der Waals surface area contributed by atoms with Gasteiger partial charge in [-0.1, -0.05) is 49.4 Å². The highest BCUT2D eigenvalue weighted by atomic mass is 32.2. The maximum Gasteiger partial charge on any atom is 0.210 e. The summed E-state index contributed by atoms with van der Waals surface area (Å²) in [6.07, 6.45) is 2.15. The summed E-state index contributed by atoms with van der Waals surface area (Å²) in [6, 6.07) is 7.86. The third kappa shape index (κ3) is 4.16. The van der Waals surface area contributed by atoms with Crippen molar-refractivity contribution in [1.29, 1.82) is 0 Å². The number of hydrogen-bond donors (Lipinski definition) is 0. The summed E-state index contributed by atoms with van der Waals surface area (Å²) in [4.78, 5) is 12.3. The Balaban J connectivity index is 2.00. The second kappa shape index (κ2) is 7.05. The fourth-order valence-electron chi connectivity index (χ4n) is 2.05. The van der Waals surface area contributed by atoms with Crippen molar-refractivity contribution >= 4 is 17.5 Å². The van der Waals surface area contributed by atoms with Gasteiger partial charge in [-0.05, 0) is 43.2 Å². The normalized spacial score (nSPS) is 11.6. The van der Waals surface area contributed by atoms with Gasteiger partial charge in [-0.2, -0.15) is 0 Å². The van der Waals surface area contributed by atoms with Crippen LogP contribution in [0, 0.1) is 0 Å². The Bertz CT molecular complexity index is 628. The Labute approximate surface area is 135 Å². The molecule has 0 bridgehead atoms. The van der Waals surface area contributed by atoms with Crippen LogP contribution >= 0.6 is 11.8 Å². The van der Waals surface area contributed by atoms with Crippen molar-refractivity contribution in [2.24, 2.45) is 0 Å². The highest BCUT2D eigenvalue weighted by molar-refractivity contribution is 7.99. The van der Waals surface area contributed by atoms with E-state index in [1.54, 1.807) is 4.68 Å². The summed E-state index contributed by atoms with van der Waals surface area (Å²) in [5, 5.41) is 12.4. The first kappa shape index (κ1) is 16.7. The molecule has 0 saturated carbocycles. The van der Waals surface area contributed by atoms with Gasteiger partial charge in [0.25, 0.3) is 0 Å². The van der Waals surface area contributed by atoms with Crippen LogP contribution in [0.4, 0.5) is 0 Å². The van der Waals surface area contributed by atoms with Crippen LogP contribution < -0.4 is 0 Å². The second-order valence-electron chi connectivity index (χ2n) is 6.20. The van der Waals surface area contributed by atoms with Gasteiger partial charge < -0.3 is 0 Å². The molecule has 0 atom stereocenters.